The van der Waals surface area contributed by atoms with Crippen LogP contribution in [0.2, 0.25) is 0 Å². The van der Waals surface area contributed by atoms with E-state index < -0.39 is 20.6 Å². The first-order valence-electron chi connectivity index (χ1n) is 18.6. The summed E-state index contributed by atoms with van der Waals surface area (Å²) in [5, 5.41) is 14.4. The van der Waals surface area contributed by atoms with Gasteiger partial charge >= 0.3 is 0 Å². The molecule has 4 aromatic rings. The van der Waals surface area contributed by atoms with Gasteiger partial charge in [0.05, 0.1) is 17.1 Å². The summed E-state index contributed by atoms with van der Waals surface area (Å²) in [4.78, 5) is 24.7. The van der Waals surface area contributed by atoms with E-state index in [4.69, 9.17) is 4.74 Å². The number of ether oxygens (including phenoxy) is 1. The summed E-state index contributed by atoms with van der Waals surface area (Å²) in [7, 11) is -4.72. The molecule has 0 atom stereocenters. The lowest BCUT2D eigenvalue weighted by molar-refractivity contribution is -0.114. The fraction of sp³-hybridized carbons (Fsp3) is 0.450. The van der Waals surface area contributed by atoms with E-state index in [-0.39, 0.29) is 23.0 Å². The summed E-state index contributed by atoms with van der Waals surface area (Å²) in [5.41, 5.74) is 1.42. The minimum absolute atomic E-state index is 0.0855. The van der Waals surface area contributed by atoms with Crippen LogP contribution in [0, 0.1) is 0 Å². The number of para-hydroxylation sites is 1. The highest BCUT2D eigenvalue weighted by Gasteiger charge is 2.22. The average Bonchev–Trinajstić information content (AvgIpc) is 3.43. The van der Waals surface area contributed by atoms with E-state index >= 15 is 0 Å². The molecular weight excluding hydrogens is 679 g/mol. The lowest BCUT2D eigenvalue weighted by Gasteiger charge is -2.11. The molecule has 52 heavy (non-hydrogen) atoms. The predicted octanol–water partition coefficient (Wildman–Crippen LogP) is 11.0. The van der Waals surface area contributed by atoms with Crippen LogP contribution in [0.1, 0.15) is 116 Å². The molecule has 3 aromatic carbocycles. The first kappa shape index (κ1) is 40.2. The van der Waals surface area contributed by atoms with Gasteiger partial charge in [-0.1, -0.05) is 115 Å². The number of carbonyl (C=O) groups is 1. The number of hydrogen-bond donors (Lipinski definition) is 3. The largest absolute Gasteiger partial charge is 0.456 e. The minimum Gasteiger partial charge on any atom is -0.456 e. The van der Waals surface area contributed by atoms with Crippen molar-refractivity contribution in [3.63, 3.8) is 0 Å². The van der Waals surface area contributed by atoms with E-state index in [1.807, 2.05) is 0 Å². The molecule has 0 spiro atoms. The number of amides is 1. The third-order valence-electron chi connectivity index (χ3n) is 8.86. The van der Waals surface area contributed by atoms with Crippen LogP contribution in [-0.4, -0.2) is 28.7 Å². The molecule has 0 saturated heterocycles. The van der Waals surface area contributed by atoms with Crippen molar-refractivity contribution in [2.45, 2.75) is 121 Å². The molecule has 0 saturated carbocycles. The van der Waals surface area contributed by atoms with E-state index in [0.717, 1.165) is 19.3 Å². The van der Waals surface area contributed by atoms with Crippen molar-refractivity contribution in [3.8, 4) is 17.2 Å². The van der Waals surface area contributed by atoms with Crippen molar-refractivity contribution in [1.29, 1.82) is 0 Å². The zero-order valence-corrected chi connectivity index (χ0v) is 31.3. The van der Waals surface area contributed by atoms with Gasteiger partial charge in [0, 0.05) is 12.6 Å². The molecule has 0 aliphatic heterocycles. The van der Waals surface area contributed by atoms with Crippen LogP contribution < -0.4 is 15.6 Å². The standard InChI is InChI=1S/C40H53N5O6S/c1-3-4-5-6-7-8-9-10-11-12-13-14-15-16-20-23-36-39(43-42-33-26-24-32(25-27-33)41-31(2)46)40(47)45(44-36)34-28-29-37(38(30-34)52(48,49)50)51-35-21-18-17-19-22-35/h17-19,21-22,24-30,44H,3-16,20,23H2,1-2H3,(H,41,46)(H,48,49,50). The molecular formula is C40H53N5O6S. The Morgan fingerprint density at radius 2 is 1.37 bits per heavy atom. The number of carbonyl (C=O) groups excluding carboxylic acids is 1. The SMILES string of the molecule is CCCCCCCCCCCCCCCCCc1[nH]n(-c2ccc(Oc3ccccc3)c(S(=O)(=O)O)c2)c(=O)c1N=Nc1ccc(NC(C)=O)cc1. The number of rotatable bonds is 23. The molecule has 11 nitrogen and oxygen atoms in total. The van der Waals surface area contributed by atoms with Crippen LogP contribution in [-0.2, 0) is 21.3 Å². The summed E-state index contributed by atoms with van der Waals surface area (Å²) in [6.45, 7) is 3.68. The smallest absolute Gasteiger partial charge is 0.299 e. The average molecular weight is 732 g/mol. The van der Waals surface area contributed by atoms with Crippen molar-refractivity contribution in [1.82, 2.24) is 9.78 Å². The monoisotopic (exact) mass is 731 g/mol. The quantitative estimate of drug-likeness (QED) is 0.0392. The number of azo groups is 1. The number of anilines is 1. The third-order valence-corrected chi connectivity index (χ3v) is 9.73. The Kier molecular flexibility index (Phi) is 16.3. The summed E-state index contributed by atoms with van der Waals surface area (Å²) in [6.07, 6.45) is 19.2. The number of aromatic nitrogens is 2. The Bertz CT molecular complexity index is 1890. The molecule has 3 N–H and O–H groups in total. The lowest BCUT2D eigenvalue weighted by atomic mass is 10.0. The number of nitrogens with zero attached hydrogens (tertiary/aromatic N) is 3. The van der Waals surface area contributed by atoms with Crippen LogP contribution in [0.4, 0.5) is 17.1 Å². The van der Waals surface area contributed by atoms with E-state index in [1.54, 1.807) is 54.6 Å². The highest BCUT2D eigenvalue weighted by molar-refractivity contribution is 7.86. The molecule has 280 valence electrons. The predicted molar refractivity (Wildman–Crippen MR) is 206 cm³/mol. The van der Waals surface area contributed by atoms with Gasteiger partial charge in [0.1, 0.15) is 16.4 Å². The zero-order valence-electron chi connectivity index (χ0n) is 30.5. The van der Waals surface area contributed by atoms with Crippen molar-refractivity contribution in [2.75, 3.05) is 5.32 Å². The van der Waals surface area contributed by atoms with Crippen LogP contribution >= 0.6 is 0 Å². The summed E-state index contributed by atoms with van der Waals surface area (Å²) in [6, 6.07) is 19.4. The van der Waals surface area contributed by atoms with Gasteiger partial charge in [-0.05, 0) is 67.4 Å². The molecule has 1 heterocycles. The second-order valence-electron chi connectivity index (χ2n) is 13.2. The highest BCUT2D eigenvalue weighted by Crippen LogP contribution is 2.31. The molecule has 1 amide bonds. The first-order valence-corrected chi connectivity index (χ1v) is 20.1. The van der Waals surface area contributed by atoms with Gasteiger partial charge in [-0.15, -0.1) is 5.11 Å². The van der Waals surface area contributed by atoms with E-state index in [2.05, 4.69) is 27.6 Å². The van der Waals surface area contributed by atoms with Gasteiger partial charge < -0.3 is 10.1 Å². The number of aromatic amines is 1. The van der Waals surface area contributed by atoms with Crippen molar-refractivity contribution < 1.29 is 22.5 Å². The van der Waals surface area contributed by atoms with Gasteiger partial charge in [0.2, 0.25) is 5.91 Å². The Hall–Kier alpha value is -4.55. The van der Waals surface area contributed by atoms with E-state index in [1.165, 1.54) is 107 Å². The van der Waals surface area contributed by atoms with Crippen molar-refractivity contribution in [3.05, 3.63) is 88.8 Å². The maximum atomic E-state index is 13.8. The third kappa shape index (κ3) is 13.2. The highest BCUT2D eigenvalue weighted by atomic mass is 32.2. The first-order chi connectivity index (χ1) is 25.2. The fourth-order valence-corrected chi connectivity index (χ4v) is 6.70. The Labute approximate surface area is 307 Å². The van der Waals surface area contributed by atoms with Gasteiger partial charge in [-0.3, -0.25) is 19.2 Å². The van der Waals surface area contributed by atoms with Crippen molar-refractivity contribution in [2.24, 2.45) is 10.2 Å². The second-order valence-corrected chi connectivity index (χ2v) is 14.6. The van der Waals surface area contributed by atoms with Gasteiger partial charge in [-0.25, -0.2) is 4.68 Å². The Balaban J connectivity index is 1.43. The van der Waals surface area contributed by atoms with Gasteiger partial charge in [-0.2, -0.15) is 13.5 Å². The lowest BCUT2D eigenvalue weighted by Crippen LogP contribution is -2.15. The normalized spacial score (nSPS) is 11.7. The van der Waals surface area contributed by atoms with Crippen molar-refractivity contribution >= 4 is 33.1 Å². The fourth-order valence-electron chi connectivity index (χ4n) is 6.07. The molecule has 0 unspecified atom stereocenters. The summed E-state index contributed by atoms with van der Waals surface area (Å²) >= 11 is 0. The number of H-pyrrole nitrogens is 1. The number of aryl methyl sites for hydroxylation is 1. The molecule has 1 aromatic heterocycles. The van der Waals surface area contributed by atoms with E-state index in [0.29, 0.717) is 29.2 Å². The van der Waals surface area contributed by atoms with Gasteiger partial charge in [0.25, 0.3) is 15.7 Å². The summed E-state index contributed by atoms with van der Waals surface area (Å²) < 4.78 is 41.9. The number of nitrogens with one attached hydrogen (secondary N) is 2. The molecule has 0 bridgehead atoms. The summed E-state index contributed by atoms with van der Waals surface area (Å²) in [5.74, 6) is 0.107. The molecule has 0 aliphatic carbocycles. The molecule has 0 aliphatic rings. The van der Waals surface area contributed by atoms with E-state index in [9.17, 15) is 22.6 Å². The van der Waals surface area contributed by atoms with Crippen LogP contribution in [0.25, 0.3) is 5.69 Å². The minimum atomic E-state index is -4.72. The maximum Gasteiger partial charge on any atom is 0.299 e. The number of unbranched alkanes of at least 4 members (excludes halogenated alkanes) is 14. The topological polar surface area (TPSA) is 155 Å². The number of hydrogen-bond acceptors (Lipinski definition) is 7. The van der Waals surface area contributed by atoms with Crippen LogP contribution in [0.5, 0.6) is 11.5 Å². The molecule has 4 rings (SSSR count). The molecule has 0 radical (unpaired) electrons. The maximum absolute atomic E-state index is 13.8. The Morgan fingerprint density at radius 1 is 0.788 bits per heavy atom. The van der Waals surface area contributed by atoms with Crippen LogP contribution in [0.3, 0.4) is 0 Å². The molecule has 0 fully saturated rings. The molecule has 12 heteroatoms. The van der Waals surface area contributed by atoms with Gasteiger partial charge in [0.15, 0.2) is 5.69 Å². The van der Waals surface area contributed by atoms with Crippen LogP contribution in [0.15, 0.2) is 92.7 Å². The number of benzene rings is 3. The zero-order chi connectivity index (χ0) is 37.2. The second kappa shape index (κ2) is 21.1. The Morgan fingerprint density at radius 3 is 1.92 bits per heavy atom.